The molecule has 0 atom stereocenters. The van der Waals surface area contributed by atoms with Gasteiger partial charge < -0.3 is 0 Å². The summed E-state index contributed by atoms with van der Waals surface area (Å²) in [7, 11) is 0. The molecule has 0 aliphatic rings. The molecule has 2 heterocycles. The summed E-state index contributed by atoms with van der Waals surface area (Å²) in [5.41, 5.74) is -0.287. The fourth-order valence-electron chi connectivity index (χ4n) is 0.982. The van der Waals surface area contributed by atoms with Crippen LogP contribution >= 0.6 is 31.9 Å². The average molecular weight is 332 g/mol. The summed E-state index contributed by atoms with van der Waals surface area (Å²) in [5, 5.41) is 11.4. The van der Waals surface area contributed by atoms with Crippen molar-refractivity contribution in [3.8, 4) is 5.82 Å². The van der Waals surface area contributed by atoms with Crippen molar-refractivity contribution in [1.29, 1.82) is 0 Å². The fourth-order valence-corrected chi connectivity index (χ4v) is 1.51. The lowest BCUT2D eigenvalue weighted by Gasteiger charge is -2.02. The lowest BCUT2D eigenvalue weighted by atomic mass is 10.5. The molecular formula is C8H4Br2N4O. The maximum atomic E-state index is 11.7. The standard InChI is InChI=1S/C8H4Br2N4O/c9-5-4-12-14(8(15)7(5)10)6-2-1-3-11-13-6/h1-4H. The van der Waals surface area contributed by atoms with Crippen molar-refractivity contribution >= 4 is 31.9 Å². The van der Waals surface area contributed by atoms with E-state index in [2.05, 4.69) is 47.2 Å². The molecule has 0 aliphatic heterocycles. The van der Waals surface area contributed by atoms with Crippen LogP contribution in [0.3, 0.4) is 0 Å². The van der Waals surface area contributed by atoms with E-state index in [1.54, 1.807) is 12.1 Å². The average Bonchev–Trinajstić information content (AvgIpc) is 2.27. The van der Waals surface area contributed by atoms with Crippen LogP contribution in [-0.2, 0) is 0 Å². The normalized spacial score (nSPS) is 10.3. The van der Waals surface area contributed by atoms with E-state index in [0.717, 1.165) is 0 Å². The minimum atomic E-state index is -0.287. The van der Waals surface area contributed by atoms with Gasteiger partial charge in [0, 0.05) is 6.20 Å². The zero-order valence-corrected chi connectivity index (χ0v) is 10.4. The van der Waals surface area contributed by atoms with E-state index < -0.39 is 0 Å². The van der Waals surface area contributed by atoms with Gasteiger partial charge in [-0.2, -0.15) is 14.9 Å². The molecule has 2 aromatic rings. The van der Waals surface area contributed by atoms with Crippen LogP contribution in [0.5, 0.6) is 0 Å². The first kappa shape index (κ1) is 10.4. The first-order valence-corrected chi connectivity index (χ1v) is 5.50. The third-order valence-corrected chi connectivity index (χ3v) is 3.55. The monoisotopic (exact) mass is 330 g/mol. The molecule has 0 saturated carbocycles. The fraction of sp³-hybridized carbons (Fsp3) is 0. The Labute approximate surface area is 101 Å². The molecule has 5 nitrogen and oxygen atoms in total. The van der Waals surface area contributed by atoms with E-state index in [4.69, 9.17) is 0 Å². The lowest BCUT2D eigenvalue weighted by Crippen LogP contribution is -2.22. The van der Waals surface area contributed by atoms with Crippen molar-refractivity contribution in [2.24, 2.45) is 0 Å². The third kappa shape index (κ3) is 1.98. The molecule has 2 aromatic heterocycles. The van der Waals surface area contributed by atoms with Crippen molar-refractivity contribution in [2.75, 3.05) is 0 Å². The molecule has 0 N–H and O–H groups in total. The molecule has 2 rings (SSSR count). The highest BCUT2D eigenvalue weighted by Gasteiger charge is 2.08. The summed E-state index contributed by atoms with van der Waals surface area (Å²) in [4.78, 5) is 11.7. The molecule has 0 saturated heterocycles. The lowest BCUT2D eigenvalue weighted by molar-refractivity contribution is 0.752. The quantitative estimate of drug-likeness (QED) is 0.795. The number of hydrogen-bond donors (Lipinski definition) is 0. The minimum Gasteiger partial charge on any atom is -0.266 e. The van der Waals surface area contributed by atoms with E-state index in [0.29, 0.717) is 14.8 Å². The van der Waals surface area contributed by atoms with Gasteiger partial charge in [-0.15, -0.1) is 5.10 Å². The molecule has 0 aliphatic carbocycles. The van der Waals surface area contributed by atoms with Gasteiger partial charge >= 0.3 is 0 Å². The van der Waals surface area contributed by atoms with Gasteiger partial charge in [0.2, 0.25) is 0 Å². The van der Waals surface area contributed by atoms with Crippen molar-refractivity contribution in [3.05, 3.63) is 43.8 Å². The van der Waals surface area contributed by atoms with E-state index in [-0.39, 0.29) is 5.56 Å². The molecule has 0 bridgehead atoms. The van der Waals surface area contributed by atoms with Crippen molar-refractivity contribution in [3.63, 3.8) is 0 Å². The van der Waals surface area contributed by atoms with Gasteiger partial charge in [0.1, 0.15) is 4.47 Å². The number of rotatable bonds is 1. The van der Waals surface area contributed by atoms with Gasteiger partial charge in [0.25, 0.3) is 5.56 Å². The summed E-state index contributed by atoms with van der Waals surface area (Å²) in [5.74, 6) is 0.385. The van der Waals surface area contributed by atoms with Crippen LogP contribution < -0.4 is 5.56 Å². The van der Waals surface area contributed by atoms with Crippen LogP contribution in [0.15, 0.2) is 38.3 Å². The molecule has 0 amide bonds. The predicted molar refractivity (Wildman–Crippen MR) is 60.8 cm³/mol. The third-order valence-electron chi connectivity index (χ3n) is 1.65. The van der Waals surface area contributed by atoms with Crippen molar-refractivity contribution in [1.82, 2.24) is 20.0 Å². The topological polar surface area (TPSA) is 60.7 Å². The van der Waals surface area contributed by atoms with Crippen molar-refractivity contribution < 1.29 is 0 Å². The Kier molecular flexibility index (Phi) is 2.92. The van der Waals surface area contributed by atoms with Crippen LogP contribution in [0.4, 0.5) is 0 Å². The summed E-state index contributed by atoms with van der Waals surface area (Å²) >= 11 is 6.35. The molecule has 15 heavy (non-hydrogen) atoms. The van der Waals surface area contributed by atoms with Gasteiger partial charge in [-0.05, 0) is 44.0 Å². The van der Waals surface area contributed by atoms with E-state index in [1.807, 2.05) is 0 Å². The van der Waals surface area contributed by atoms with Crippen LogP contribution in [0.2, 0.25) is 0 Å². The second kappa shape index (κ2) is 4.19. The Balaban J connectivity index is 2.66. The van der Waals surface area contributed by atoms with Crippen LogP contribution in [0, 0.1) is 0 Å². The van der Waals surface area contributed by atoms with E-state index in [1.165, 1.54) is 17.1 Å². The minimum absolute atomic E-state index is 0.287. The smallest absolute Gasteiger partial charge is 0.266 e. The summed E-state index contributed by atoms with van der Waals surface area (Å²) in [6, 6.07) is 3.34. The molecule has 0 unspecified atom stereocenters. The predicted octanol–water partition coefficient (Wildman–Crippen LogP) is 1.55. The Bertz CT molecular complexity index is 540. The zero-order chi connectivity index (χ0) is 10.8. The molecule has 76 valence electrons. The number of nitrogens with zero attached hydrogens (tertiary/aromatic N) is 4. The number of hydrogen-bond acceptors (Lipinski definition) is 4. The molecular weight excluding hydrogens is 328 g/mol. The van der Waals surface area contributed by atoms with Crippen LogP contribution in [-0.4, -0.2) is 20.0 Å². The first-order valence-electron chi connectivity index (χ1n) is 3.91. The Morgan fingerprint density at radius 3 is 2.80 bits per heavy atom. The highest BCUT2D eigenvalue weighted by Crippen LogP contribution is 2.16. The summed E-state index contributed by atoms with van der Waals surface area (Å²) < 4.78 is 2.18. The van der Waals surface area contributed by atoms with E-state index >= 15 is 0 Å². The summed E-state index contributed by atoms with van der Waals surface area (Å²) in [6.07, 6.45) is 3.04. The Morgan fingerprint density at radius 2 is 2.13 bits per heavy atom. The molecule has 0 aromatic carbocycles. The van der Waals surface area contributed by atoms with E-state index in [9.17, 15) is 4.79 Å². The molecule has 0 fully saturated rings. The van der Waals surface area contributed by atoms with Crippen LogP contribution in [0.25, 0.3) is 5.82 Å². The van der Waals surface area contributed by atoms with Gasteiger partial charge in [-0.25, -0.2) is 0 Å². The second-order valence-corrected chi connectivity index (χ2v) is 4.25. The van der Waals surface area contributed by atoms with Gasteiger partial charge in [0.15, 0.2) is 5.82 Å². The second-order valence-electron chi connectivity index (χ2n) is 2.61. The Morgan fingerprint density at radius 1 is 1.33 bits per heavy atom. The highest BCUT2D eigenvalue weighted by atomic mass is 79.9. The maximum Gasteiger partial charge on any atom is 0.288 e. The van der Waals surface area contributed by atoms with Gasteiger partial charge in [0.05, 0.1) is 10.7 Å². The highest BCUT2D eigenvalue weighted by molar-refractivity contribution is 9.13. The zero-order valence-electron chi connectivity index (χ0n) is 7.26. The Hall–Kier alpha value is -1.08. The SMILES string of the molecule is O=c1c(Br)c(Br)cnn1-c1cccnn1. The first-order chi connectivity index (χ1) is 7.20. The number of aromatic nitrogens is 4. The molecule has 0 spiro atoms. The molecule has 0 radical (unpaired) electrons. The number of halogens is 2. The molecule has 7 heteroatoms. The van der Waals surface area contributed by atoms with Gasteiger partial charge in [-0.1, -0.05) is 0 Å². The van der Waals surface area contributed by atoms with Gasteiger partial charge in [-0.3, -0.25) is 4.79 Å². The summed E-state index contributed by atoms with van der Waals surface area (Å²) in [6.45, 7) is 0. The largest absolute Gasteiger partial charge is 0.288 e. The maximum absolute atomic E-state index is 11.7. The van der Waals surface area contributed by atoms with Crippen molar-refractivity contribution in [2.45, 2.75) is 0 Å². The van der Waals surface area contributed by atoms with Crippen LogP contribution in [0.1, 0.15) is 0 Å².